The third kappa shape index (κ3) is 4.16. The van der Waals surface area contributed by atoms with Crippen LogP contribution >= 0.6 is 11.3 Å². The molecule has 0 saturated carbocycles. The van der Waals surface area contributed by atoms with Crippen molar-refractivity contribution in [1.82, 2.24) is 10.3 Å². The largest absolute Gasteiger partial charge is 0.466 e. The van der Waals surface area contributed by atoms with E-state index in [9.17, 15) is 27.6 Å². The number of alkyl halides is 3. The summed E-state index contributed by atoms with van der Waals surface area (Å²) in [5, 5.41) is 3.19. The van der Waals surface area contributed by atoms with E-state index in [1.165, 1.54) is 18.2 Å². The lowest BCUT2D eigenvalue weighted by Gasteiger charge is -2.33. The number of hydrogen-bond acceptors (Lipinski definition) is 8. The van der Waals surface area contributed by atoms with Gasteiger partial charge in [-0.25, -0.2) is 14.6 Å². The van der Waals surface area contributed by atoms with E-state index >= 15 is 0 Å². The molecule has 1 heterocycles. The summed E-state index contributed by atoms with van der Waals surface area (Å²) in [6.07, 6.45) is -5.24. The number of hydrogen-bond donors (Lipinski definition) is 2. The number of carbonyl (C=O) groups is 3. The molecule has 28 heavy (non-hydrogen) atoms. The Bertz CT molecular complexity index is 915. The molecule has 2 N–H and O–H groups in total. The normalized spacial score (nSPS) is 13.5. The highest BCUT2D eigenvalue weighted by Crippen LogP contribution is 2.36. The first-order chi connectivity index (χ1) is 13.0. The van der Waals surface area contributed by atoms with E-state index in [0.29, 0.717) is 4.70 Å². The molecule has 1 amide bonds. The maximum absolute atomic E-state index is 13.7. The van der Waals surface area contributed by atoms with E-state index in [2.05, 4.69) is 9.72 Å². The summed E-state index contributed by atoms with van der Waals surface area (Å²) in [6.45, 7) is 2.63. The molecule has 12 heteroatoms. The smallest absolute Gasteiger partial charge is 0.442 e. The van der Waals surface area contributed by atoms with Crippen molar-refractivity contribution in [2.75, 3.05) is 19.0 Å². The van der Waals surface area contributed by atoms with Crippen LogP contribution in [0.25, 0.3) is 10.2 Å². The van der Waals surface area contributed by atoms with Gasteiger partial charge in [0.15, 0.2) is 5.13 Å². The Morgan fingerprint density at radius 3 is 2.46 bits per heavy atom. The number of aromatic nitrogens is 1. The Labute approximate surface area is 161 Å². The van der Waals surface area contributed by atoms with Gasteiger partial charge in [0.25, 0.3) is 0 Å². The highest BCUT2D eigenvalue weighted by atomic mass is 32.1. The predicted octanol–water partition coefficient (Wildman–Crippen LogP) is 2.45. The Kier molecular flexibility index (Phi) is 6.12. The molecule has 0 bridgehead atoms. The molecule has 1 aromatic heterocycles. The molecule has 0 aliphatic carbocycles. The lowest BCUT2D eigenvalue weighted by molar-refractivity contribution is -0.206. The summed E-state index contributed by atoms with van der Waals surface area (Å²) in [7, 11) is 0.760. The van der Waals surface area contributed by atoms with Crippen molar-refractivity contribution in [2.45, 2.75) is 25.7 Å². The number of fused-ring (bicyclic) bond motifs is 1. The van der Waals surface area contributed by atoms with Gasteiger partial charge in [0.1, 0.15) is 0 Å². The van der Waals surface area contributed by atoms with Crippen molar-refractivity contribution in [2.24, 2.45) is 0 Å². The average Bonchev–Trinajstić information content (AvgIpc) is 3.00. The molecule has 8 nitrogen and oxygen atoms in total. The molecule has 2 rings (SSSR count). The first-order valence-electron chi connectivity index (χ1n) is 7.84. The molecular weight excluding hydrogens is 403 g/mol. The zero-order chi connectivity index (χ0) is 21.1. The quantitative estimate of drug-likeness (QED) is 0.547. The Morgan fingerprint density at radius 1 is 1.25 bits per heavy atom. The maximum atomic E-state index is 13.7. The zero-order valence-electron chi connectivity index (χ0n) is 15.0. The summed E-state index contributed by atoms with van der Waals surface area (Å²) in [4.78, 5) is 39.1. The second kappa shape index (κ2) is 8.00. The van der Waals surface area contributed by atoms with Crippen LogP contribution in [0.4, 0.5) is 18.3 Å². The first-order valence-corrected chi connectivity index (χ1v) is 8.65. The van der Waals surface area contributed by atoms with Gasteiger partial charge in [-0.15, -0.1) is 0 Å². The van der Waals surface area contributed by atoms with Crippen LogP contribution in [0.15, 0.2) is 18.2 Å². The van der Waals surface area contributed by atoms with Crippen LogP contribution in [0.5, 0.6) is 0 Å². The van der Waals surface area contributed by atoms with Gasteiger partial charge in [-0.3, -0.25) is 4.79 Å². The number of amides is 1. The number of thiazole rings is 1. The number of rotatable bonds is 6. The molecule has 0 saturated heterocycles. The fourth-order valence-electron chi connectivity index (χ4n) is 2.29. The Balaban J connectivity index is 2.48. The van der Waals surface area contributed by atoms with E-state index in [-0.39, 0.29) is 22.8 Å². The molecule has 0 fully saturated rings. The van der Waals surface area contributed by atoms with Gasteiger partial charge in [-0.05, 0) is 25.1 Å². The Morgan fingerprint density at radius 2 is 1.93 bits per heavy atom. The lowest BCUT2D eigenvalue weighted by Crippen LogP contribution is -2.69. The number of anilines is 1. The minimum absolute atomic E-state index is 0.163. The molecule has 0 unspecified atom stereocenters. The zero-order valence-corrected chi connectivity index (χ0v) is 15.8. The second-order valence-electron chi connectivity index (χ2n) is 5.47. The number of methoxy groups -OCH3 is 1. The molecule has 152 valence electrons. The summed E-state index contributed by atoms with van der Waals surface area (Å²) >= 11 is 0.756. The molecule has 2 aromatic rings. The third-order valence-electron chi connectivity index (χ3n) is 3.47. The SMILES string of the molecule is CCOC(=O)c1ccc2nc(N[C@](NC(C)=O)(C(=O)OC)C(F)(F)F)sc2c1. The summed E-state index contributed by atoms with van der Waals surface area (Å²) in [5.74, 6) is -3.47. The van der Waals surface area contributed by atoms with Crippen LogP contribution in [-0.2, 0) is 19.1 Å². The van der Waals surface area contributed by atoms with Crippen LogP contribution in [0.3, 0.4) is 0 Å². The van der Waals surface area contributed by atoms with Crippen LogP contribution in [-0.4, -0.2) is 48.4 Å². The summed E-state index contributed by atoms with van der Waals surface area (Å²) in [6, 6.07) is 4.24. The van der Waals surface area contributed by atoms with Gasteiger partial charge in [0, 0.05) is 6.92 Å². The molecule has 0 radical (unpaired) electrons. The first kappa shape index (κ1) is 21.4. The number of nitrogens with zero attached hydrogens (tertiary/aromatic N) is 1. The van der Waals surface area contributed by atoms with Crippen molar-refractivity contribution in [3.05, 3.63) is 23.8 Å². The van der Waals surface area contributed by atoms with Crippen LogP contribution in [0, 0.1) is 0 Å². The van der Waals surface area contributed by atoms with Crippen LogP contribution < -0.4 is 10.6 Å². The van der Waals surface area contributed by atoms with Crippen LogP contribution in [0.1, 0.15) is 24.2 Å². The van der Waals surface area contributed by atoms with Gasteiger partial charge in [-0.2, -0.15) is 13.2 Å². The van der Waals surface area contributed by atoms with Gasteiger partial charge < -0.3 is 20.1 Å². The van der Waals surface area contributed by atoms with Crippen molar-refractivity contribution in [3.8, 4) is 0 Å². The van der Waals surface area contributed by atoms with Gasteiger partial charge in [0.2, 0.25) is 5.91 Å². The van der Waals surface area contributed by atoms with Crippen molar-refractivity contribution >= 4 is 44.5 Å². The van der Waals surface area contributed by atoms with Crippen LogP contribution in [0.2, 0.25) is 0 Å². The second-order valence-corrected chi connectivity index (χ2v) is 6.50. The lowest BCUT2D eigenvalue weighted by atomic mass is 10.1. The highest BCUT2D eigenvalue weighted by molar-refractivity contribution is 7.22. The van der Waals surface area contributed by atoms with Gasteiger partial charge in [-0.1, -0.05) is 11.3 Å². The van der Waals surface area contributed by atoms with Crippen molar-refractivity contribution in [3.63, 3.8) is 0 Å². The van der Waals surface area contributed by atoms with E-state index in [0.717, 1.165) is 25.4 Å². The number of ether oxygens (including phenoxy) is 2. The summed E-state index contributed by atoms with van der Waals surface area (Å²) < 4.78 is 50.6. The number of esters is 2. The number of halogens is 3. The molecule has 0 aliphatic heterocycles. The van der Waals surface area contributed by atoms with Crippen molar-refractivity contribution in [1.29, 1.82) is 0 Å². The molecule has 0 aliphatic rings. The number of nitrogens with one attached hydrogen (secondary N) is 2. The molecule has 1 atom stereocenters. The fourth-order valence-corrected chi connectivity index (χ4v) is 3.25. The minimum Gasteiger partial charge on any atom is -0.466 e. The number of benzene rings is 1. The van der Waals surface area contributed by atoms with E-state index < -0.39 is 29.7 Å². The van der Waals surface area contributed by atoms with E-state index in [1.54, 1.807) is 12.2 Å². The molecule has 0 spiro atoms. The van der Waals surface area contributed by atoms with Gasteiger partial charge in [0.05, 0.1) is 29.5 Å². The Hall–Kier alpha value is -2.89. The standard InChI is InChI=1S/C16H16F3N3O5S/c1-4-27-12(24)9-5-6-10-11(7-9)28-14(20-10)22-15(13(25)26-3,16(17,18)19)21-8(2)23/h5-7H,4H2,1-3H3,(H,20,22)(H,21,23)/t15-/m1/s1. The molecule has 1 aromatic carbocycles. The van der Waals surface area contributed by atoms with E-state index in [1.807, 2.05) is 5.32 Å². The molecular formula is C16H16F3N3O5S. The number of carbonyl (C=O) groups excluding carboxylic acids is 3. The highest BCUT2D eigenvalue weighted by Gasteiger charge is 2.63. The predicted molar refractivity (Wildman–Crippen MR) is 93.8 cm³/mol. The maximum Gasteiger partial charge on any atom is 0.442 e. The summed E-state index contributed by atoms with van der Waals surface area (Å²) in [5.41, 5.74) is -3.04. The monoisotopic (exact) mass is 419 g/mol. The van der Waals surface area contributed by atoms with Gasteiger partial charge >= 0.3 is 23.8 Å². The minimum atomic E-state index is -5.24. The van der Waals surface area contributed by atoms with Crippen molar-refractivity contribution < 1.29 is 37.0 Å². The fraction of sp³-hybridized carbons (Fsp3) is 0.375. The topological polar surface area (TPSA) is 107 Å². The average molecular weight is 419 g/mol. The third-order valence-corrected chi connectivity index (χ3v) is 4.41. The van der Waals surface area contributed by atoms with E-state index in [4.69, 9.17) is 4.74 Å².